The Morgan fingerprint density at radius 2 is 1.94 bits per heavy atom. The summed E-state index contributed by atoms with van der Waals surface area (Å²) >= 11 is 5.97. The number of hydrogen-bond acceptors (Lipinski definition) is 4. The molecule has 0 bridgehead atoms. The van der Waals surface area contributed by atoms with E-state index >= 15 is 0 Å². The molecule has 1 aromatic heterocycles. The number of carbonyl (C=O) groups is 2. The van der Waals surface area contributed by atoms with Gasteiger partial charge >= 0.3 is 0 Å². The molecule has 1 aliphatic heterocycles. The summed E-state index contributed by atoms with van der Waals surface area (Å²) in [7, 11) is 0. The summed E-state index contributed by atoms with van der Waals surface area (Å²) in [6.45, 7) is 5.88. The van der Waals surface area contributed by atoms with Crippen molar-refractivity contribution < 1.29 is 9.59 Å². The van der Waals surface area contributed by atoms with E-state index in [1.165, 1.54) is 0 Å². The van der Waals surface area contributed by atoms with E-state index in [0.29, 0.717) is 5.82 Å². The fraction of sp³-hybridized carbons (Fsp3) is 0.364. The summed E-state index contributed by atoms with van der Waals surface area (Å²) in [5.41, 5.74) is 0.0225. The summed E-state index contributed by atoms with van der Waals surface area (Å²) in [5.74, 6) is -0.527. The second kappa shape index (κ2) is 3.70. The van der Waals surface area contributed by atoms with Gasteiger partial charge in [0.1, 0.15) is 11.5 Å². The molecule has 0 fully saturated rings. The molecule has 0 aliphatic carbocycles. The average Bonchev–Trinajstić information content (AvgIpc) is 2.39. The summed E-state index contributed by atoms with van der Waals surface area (Å²) in [6, 6.07) is 1.55. The van der Waals surface area contributed by atoms with Crippen molar-refractivity contribution in [3.8, 4) is 0 Å². The Bertz CT molecular complexity index is 520. The van der Waals surface area contributed by atoms with Gasteiger partial charge in [-0.1, -0.05) is 11.6 Å². The predicted octanol–water partition coefficient (Wildman–Crippen LogP) is 1.83. The van der Waals surface area contributed by atoms with Crippen LogP contribution < -0.4 is 10.6 Å². The molecular formula is C11H12ClN3O2. The van der Waals surface area contributed by atoms with E-state index in [4.69, 9.17) is 11.6 Å². The van der Waals surface area contributed by atoms with Crippen molar-refractivity contribution in [3.05, 3.63) is 22.3 Å². The van der Waals surface area contributed by atoms with E-state index in [1.807, 2.05) is 20.8 Å². The van der Waals surface area contributed by atoms with Gasteiger partial charge in [0.05, 0.1) is 10.6 Å². The number of aromatic nitrogens is 1. The SMILES string of the molecule is CC(C)(C)Nc1cc(Cl)c2c(n1)C(=O)NC2=O. The molecule has 0 unspecified atom stereocenters. The van der Waals surface area contributed by atoms with Crippen molar-refractivity contribution in [3.63, 3.8) is 0 Å². The van der Waals surface area contributed by atoms with Crippen LogP contribution in [0.3, 0.4) is 0 Å². The first-order valence-corrected chi connectivity index (χ1v) is 5.50. The summed E-state index contributed by atoms with van der Waals surface area (Å²) in [6.07, 6.45) is 0. The Morgan fingerprint density at radius 3 is 2.53 bits per heavy atom. The van der Waals surface area contributed by atoms with Crippen LogP contribution in [-0.4, -0.2) is 22.3 Å². The molecule has 90 valence electrons. The first kappa shape index (κ1) is 11.9. The number of amides is 2. The number of carbonyl (C=O) groups excluding carboxylic acids is 2. The van der Waals surface area contributed by atoms with Gasteiger partial charge in [0.2, 0.25) is 0 Å². The zero-order chi connectivity index (χ0) is 12.8. The number of imide groups is 1. The predicted molar refractivity (Wildman–Crippen MR) is 64.4 cm³/mol. The lowest BCUT2D eigenvalue weighted by Gasteiger charge is -2.21. The number of fused-ring (bicyclic) bond motifs is 1. The van der Waals surface area contributed by atoms with Gasteiger partial charge in [0, 0.05) is 5.54 Å². The average molecular weight is 254 g/mol. The summed E-state index contributed by atoms with van der Waals surface area (Å²) in [5, 5.41) is 5.49. The second-order valence-electron chi connectivity index (χ2n) is 4.87. The molecule has 0 atom stereocenters. The second-order valence-corrected chi connectivity index (χ2v) is 5.28. The minimum absolute atomic E-state index is 0.0780. The molecule has 2 rings (SSSR count). The molecule has 0 saturated heterocycles. The minimum atomic E-state index is -0.510. The number of nitrogens with zero attached hydrogens (tertiary/aromatic N) is 1. The topological polar surface area (TPSA) is 71.1 Å². The van der Waals surface area contributed by atoms with Gasteiger partial charge in [0.25, 0.3) is 11.8 Å². The lowest BCUT2D eigenvalue weighted by Crippen LogP contribution is -2.27. The van der Waals surface area contributed by atoms with Crippen molar-refractivity contribution in [1.29, 1.82) is 0 Å². The van der Waals surface area contributed by atoms with Crippen LogP contribution in [-0.2, 0) is 0 Å². The summed E-state index contributed by atoms with van der Waals surface area (Å²) in [4.78, 5) is 27.0. The van der Waals surface area contributed by atoms with E-state index in [-0.39, 0.29) is 21.8 Å². The molecule has 2 heterocycles. The standard InChI is InChI=1S/C11H12ClN3O2/c1-11(2,3)15-6-4-5(12)7-8(13-6)10(17)14-9(7)16/h4H,1-3H3,(H,13,15)(H,14,16,17). The molecule has 5 nitrogen and oxygen atoms in total. The van der Waals surface area contributed by atoms with Crippen LogP contribution in [0.1, 0.15) is 41.6 Å². The quantitative estimate of drug-likeness (QED) is 0.749. The van der Waals surface area contributed by atoms with Crippen LogP contribution in [0.2, 0.25) is 5.02 Å². The molecule has 0 spiro atoms. The van der Waals surface area contributed by atoms with Crippen LogP contribution in [0.5, 0.6) is 0 Å². The van der Waals surface area contributed by atoms with Crippen LogP contribution in [0.15, 0.2) is 6.07 Å². The van der Waals surface area contributed by atoms with Gasteiger partial charge in [-0.2, -0.15) is 0 Å². The van der Waals surface area contributed by atoms with Crippen molar-refractivity contribution in [2.45, 2.75) is 26.3 Å². The Labute approximate surface area is 104 Å². The fourth-order valence-corrected chi connectivity index (χ4v) is 1.85. The van der Waals surface area contributed by atoms with Gasteiger partial charge in [0.15, 0.2) is 0 Å². The van der Waals surface area contributed by atoms with Gasteiger partial charge in [-0.15, -0.1) is 0 Å². The van der Waals surface area contributed by atoms with E-state index < -0.39 is 11.8 Å². The van der Waals surface area contributed by atoms with E-state index in [9.17, 15) is 9.59 Å². The molecule has 17 heavy (non-hydrogen) atoms. The monoisotopic (exact) mass is 253 g/mol. The highest BCUT2D eigenvalue weighted by atomic mass is 35.5. The first-order chi connectivity index (χ1) is 7.78. The molecule has 0 radical (unpaired) electrons. The fourth-order valence-electron chi connectivity index (χ4n) is 1.57. The third-order valence-corrected chi connectivity index (χ3v) is 2.44. The highest BCUT2D eigenvalue weighted by molar-refractivity contribution is 6.37. The number of hydrogen-bond donors (Lipinski definition) is 2. The largest absolute Gasteiger partial charge is 0.365 e. The van der Waals surface area contributed by atoms with Crippen LogP contribution in [0.4, 0.5) is 5.82 Å². The highest BCUT2D eigenvalue weighted by Gasteiger charge is 2.31. The maximum Gasteiger partial charge on any atom is 0.277 e. The number of nitrogens with one attached hydrogen (secondary N) is 2. The normalized spacial score (nSPS) is 14.6. The van der Waals surface area contributed by atoms with Gasteiger partial charge in [-0.3, -0.25) is 14.9 Å². The van der Waals surface area contributed by atoms with Crippen LogP contribution in [0.25, 0.3) is 0 Å². The minimum Gasteiger partial charge on any atom is -0.365 e. The van der Waals surface area contributed by atoms with E-state index in [2.05, 4.69) is 15.6 Å². The Hall–Kier alpha value is -1.62. The molecule has 0 saturated carbocycles. The van der Waals surface area contributed by atoms with Gasteiger partial charge in [-0.25, -0.2) is 4.98 Å². The summed E-state index contributed by atoms with van der Waals surface area (Å²) < 4.78 is 0. The zero-order valence-electron chi connectivity index (χ0n) is 9.72. The molecule has 2 amide bonds. The number of anilines is 1. The molecule has 6 heteroatoms. The maximum atomic E-state index is 11.5. The molecular weight excluding hydrogens is 242 g/mol. The third kappa shape index (κ3) is 2.24. The third-order valence-electron chi connectivity index (χ3n) is 2.14. The van der Waals surface area contributed by atoms with Crippen molar-refractivity contribution in [2.24, 2.45) is 0 Å². The van der Waals surface area contributed by atoms with Crippen molar-refractivity contribution in [1.82, 2.24) is 10.3 Å². The van der Waals surface area contributed by atoms with Gasteiger partial charge < -0.3 is 5.32 Å². The van der Waals surface area contributed by atoms with Crippen LogP contribution in [0, 0.1) is 0 Å². The van der Waals surface area contributed by atoms with Crippen LogP contribution >= 0.6 is 11.6 Å². The Kier molecular flexibility index (Phi) is 2.58. The molecule has 1 aromatic rings. The zero-order valence-corrected chi connectivity index (χ0v) is 10.5. The lowest BCUT2D eigenvalue weighted by molar-refractivity contribution is 0.0878. The smallest absolute Gasteiger partial charge is 0.277 e. The Balaban J connectivity index is 2.48. The molecule has 0 aromatic carbocycles. The molecule has 1 aliphatic rings. The number of rotatable bonds is 1. The number of pyridine rings is 1. The van der Waals surface area contributed by atoms with Gasteiger partial charge in [-0.05, 0) is 26.8 Å². The molecule has 2 N–H and O–H groups in total. The highest BCUT2D eigenvalue weighted by Crippen LogP contribution is 2.26. The van der Waals surface area contributed by atoms with Crippen molar-refractivity contribution in [2.75, 3.05) is 5.32 Å². The first-order valence-electron chi connectivity index (χ1n) is 5.12. The van der Waals surface area contributed by atoms with Crippen molar-refractivity contribution >= 4 is 29.2 Å². The van der Waals surface area contributed by atoms with E-state index in [0.717, 1.165) is 0 Å². The lowest BCUT2D eigenvalue weighted by atomic mass is 10.1. The Morgan fingerprint density at radius 1 is 1.29 bits per heavy atom. The number of halogens is 1. The maximum absolute atomic E-state index is 11.5. The van der Waals surface area contributed by atoms with E-state index in [1.54, 1.807) is 6.07 Å².